The van der Waals surface area contributed by atoms with Crippen molar-refractivity contribution in [3.05, 3.63) is 82.7 Å². The summed E-state index contributed by atoms with van der Waals surface area (Å²) in [4.78, 5) is 0. The van der Waals surface area contributed by atoms with Crippen molar-refractivity contribution < 1.29 is 4.74 Å². The van der Waals surface area contributed by atoms with Crippen LogP contribution in [0.5, 0.6) is 0 Å². The fourth-order valence-electron chi connectivity index (χ4n) is 4.21. The number of allylic oxidation sites excluding steroid dienone is 4. The maximum atomic E-state index is 6.43. The van der Waals surface area contributed by atoms with E-state index in [4.69, 9.17) is 4.74 Å². The standard InChI is InChI=1S/C21H22O/c1-15-11-12-17-19-18(22-21(17,3)14-15)10-7-13-20(19,2)16-8-5-4-6-9-16/h4-12H,13-14H2,1-3H3. The van der Waals surface area contributed by atoms with Gasteiger partial charge in [-0.15, -0.1) is 0 Å². The van der Waals surface area contributed by atoms with Gasteiger partial charge >= 0.3 is 0 Å². The Kier molecular flexibility index (Phi) is 2.78. The Balaban J connectivity index is 1.90. The summed E-state index contributed by atoms with van der Waals surface area (Å²) >= 11 is 0. The van der Waals surface area contributed by atoms with Crippen LogP contribution in [0, 0.1) is 0 Å². The van der Waals surface area contributed by atoms with Crippen molar-refractivity contribution in [1.29, 1.82) is 0 Å². The molecule has 2 unspecified atom stereocenters. The molecule has 112 valence electrons. The summed E-state index contributed by atoms with van der Waals surface area (Å²) in [6.07, 6.45) is 11.0. The average molecular weight is 290 g/mol. The molecule has 0 amide bonds. The molecule has 3 aliphatic rings. The van der Waals surface area contributed by atoms with Gasteiger partial charge in [-0.05, 0) is 31.9 Å². The molecule has 1 nitrogen and oxygen atoms in total. The normalized spacial score (nSPS) is 32.9. The molecule has 1 heteroatoms. The first kappa shape index (κ1) is 13.6. The second-order valence-electron chi connectivity index (χ2n) is 7.15. The van der Waals surface area contributed by atoms with E-state index >= 15 is 0 Å². The monoisotopic (exact) mass is 290 g/mol. The lowest BCUT2D eigenvalue weighted by atomic mass is 9.66. The van der Waals surface area contributed by atoms with Crippen molar-refractivity contribution in [3.63, 3.8) is 0 Å². The van der Waals surface area contributed by atoms with Crippen LogP contribution in [-0.2, 0) is 10.2 Å². The third-order valence-electron chi connectivity index (χ3n) is 5.33. The Morgan fingerprint density at radius 3 is 2.59 bits per heavy atom. The zero-order chi connectivity index (χ0) is 15.4. The third kappa shape index (κ3) is 1.78. The van der Waals surface area contributed by atoms with Gasteiger partial charge in [0.15, 0.2) is 0 Å². The van der Waals surface area contributed by atoms with Crippen molar-refractivity contribution in [2.75, 3.05) is 0 Å². The number of hydrogen-bond donors (Lipinski definition) is 0. The third-order valence-corrected chi connectivity index (χ3v) is 5.33. The molecule has 1 heterocycles. The largest absolute Gasteiger partial charge is 0.482 e. The van der Waals surface area contributed by atoms with Crippen molar-refractivity contribution >= 4 is 0 Å². The molecule has 2 atom stereocenters. The van der Waals surface area contributed by atoms with Gasteiger partial charge in [-0.3, -0.25) is 0 Å². The van der Waals surface area contributed by atoms with Gasteiger partial charge in [-0.1, -0.05) is 61.1 Å². The Morgan fingerprint density at radius 2 is 1.82 bits per heavy atom. The van der Waals surface area contributed by atoms with E-state index in [1.807, 2.05) is 0 Å². The lowest BCUT2D eigenvalue weighted by Gasteiger charge is -2.36. The number of fused-ring (bicyclic) bond motifs is 2. The Labute approximate surface area is 132 Å². The zero-order valence-corrected chi connectivity index (χ0v) is 13.5. The van der Waals surface area contributed by atoms with Crippen LogP contribution < -0.4 is 0 Å². The number of rotatable bonds is 1. The van der Waals surface area contributed by atoms with Gasteiger partial charge < -0.3 is 4.74 Å². The van der Waals surface area contributed by atoms with Crippen LogP contribution in [0.3, 0.4) is 0 Å². The van der Waals surface area contributed by atoms with Crippen molar-refractivity contribution in [1.82, 2.24) is 0 Å². The Hall–Kier alpha value is -2.02. The fourth-order valence-corrected chi connectivity index (χ4v) is 4.21. The van der Waals surface area contributed by atoms with Gasteiger partial charge in [0.1, 0.15) is 11.4 Å². The van der Waals surface area contributed by atoms with E-state index in [0.29, 0.717) is 0 Å². The average Bonchev–Trinajstić information content (AvgIpc) is 2.80. The minimum absolute atomic E-state index is 0.00593. The smallest absolute Gasteiger partial charge is 0.135 e. The van der Waals surface area contributed by atoms with E-state index in [1.165, 1.54) is 22.3 Å². The van der Waals surface area contributed by atoms with E-state index in [-0.39, 0.29) is 11.0 Å². The first-order chi connectivity index (χ1) is 10.5. The molecule has 0 bridgehead atoms. The molecule has 0 saturated heterocycles. The molecule has 0 spiro atoms. The van der Waals surface area contributed by atoms with Crippen LogP contribution in [0.15, 0.2) is 77.1 Å². The van der Waals surface area contributed by atoms with Gasteiger partial charge in [0.25, 0.3) is 0 Å². The summed E-state index contributed by atoms with van der Waals surface area (Å²) in [6.45, 7) is 6.76. The highest BCUT2D eigenvalue weighted by atomic mass is 16.5. The fraction of sp³-hybridized carbons (Fsp3) is 0.333. The van der Waals surface area contributed by atoms with Crippen LogP contribution in [-0.4, -0.2) is 5.60 Å². The SMILES string of the molecule is CC1=CC=C2C3=C(C=CCC3(C)c3ccccc3)OC2(C)C1. The van der Waals surface area contributed by atoms with E-state index in [9.17, 15) is 0 Å². The van der Waals surface area contributed by atoms with Crippen LogP contribution in [0.4, 0.5) is 0 Å². The van der Waals surface area contributed by atoms with Crippen molar-refractivity contribution in [2.45, 2.75) is 44.6 Å². The topological polar surface area (TPSA) is 9.23 Å². The number of benzene rings is 1. The molecule has 0 radical (unpaired) electrons. The lowest BCUT2D eigenvalue weighted by molar-refractivity contribution is 0.0775. The van der Waals surface area contributed by atoms with Crippen molar-refractivity contribution in [3.8, 4) is 0 Å². The molecule has 0 saturated carbocycles. The summed E-state index contributed by atoms with van der Waals surface area (Å²) < 4.78 is 6.43. The molecule has 2 aliphatic carbocycles. The maximum Gasteiger partial charge on any atom is 0.135 e. The Morgan fingerprint density at radius 1 is 1.05 bits per heavy atom. The molecule has 0 N–H and O–H groups in total. The van der Waals surface area contributed by atoms with Crippen molar-refractivity contribution in [2.24, 2.45) is 0 Å². The highest BCUT2D eigenvalue weighted by Crippen LogP contribution is 2.54. The van der Waals surface area contributed by atoms with Gasteiger partial charge in [0.2, 0.25) is 0 Å². The highest BCUT2D eigenvalue weighted by molar-refractivity contribution is 5.60. The van der Waals surface area contributed by atoms with Crippen LogP contribution in [0.1, 0.15) is 39.2 Å². The van der Waals surface area contributed by atoms with Crippen LogP contribution in [0.2, 0.25) is 0 Å². The van der Waals surface area contributed by atoms with Crippen LogP contribution in [0.25, 0.3) is 0 Å². The van der Waals surface area contributed by atoms with Crippen LogP contribution >= 0.6 is 0 Å². The molecule has 1 aromatic carbocycles. The van der Waals surface area contributed by atoms with Gasteiger partial charge in [-0.2, -0.15) is 0 Å². The van der Waals surface area contributed by atoms with Gasteiger partial charge in [0, 0.05) is 23.0 Å². The Bertz CT molecular complexity index is 747. The van der Waals surface area contributed by atoms with E-state index in [0.717, 1.165) is 18.6 Å². The quantitative estimate of drug-likeness (QED) is 0.688. The summed E-state index contributed by atoms with van der Waals surface area (Å²) in [5.74, 6) is 1.06. The first-order valence-electron chi connectivity index (χ1n) is 8.07. The van der Waals surface area contributed by atoms with E-state index in [2.05, 4.69) is 75.4 Å². The lowest BCUT2D eigenvalue weighted by Crippen LogP contribution is -2.32. The second kappa shape index (κ2) is 4.49. The van der Waals surface area contributed by atoms with E-state index in [1.54, 1.807) is 0 Å². The molecule has 22 heavy (non-hydrogen) atoms. The van der Waals surface area contributed by atoms with E-state index < -0.39 is 0 Å². The number of hydrogen-bond acceptors (Lipinski definition) is 1. The van der Waals surface area contributed by atoms with Gasteiger partial charge in [-0.25, -0.2) is 0 Å². The summed E-state index contributed by atoms with van der Waals surface area (Å²) in [5, 5.41) is 0. The predicted octanol–water partition coefficient (Wildman–Crippen LogP) is 5.22. The highest BCUT2D eigenvalue weighted by Gasteiger charge is 2.49. The first-order valence-corrected chi connectivity index (χ1v) is 8.07. The molecule has 1 aromatic rings. The number of ether oxygens (including phenoxy) is 1. The molecular formula is C21H22O. The van der Waals surface area contributed by atoms with Gasteiger partial charge in [0.05, 0.1) is 0 Å². The summed E-state index contributed by atoms with van der Waals surface area (Å²) in [7, 11) is 0. The molecule has 0 aromatic heterocycles. The predicted molar refractivity (Wildman–Crippen MR) is 90.5 cm³/mol. The minimum Gasteiger partial charge on any atom is -0.482 e. The molecule has 4 rings (SSSR count). The summed E-state index contributed by atoms with van der Waals surface area (Å²) in [6, 6.07) is 10.8. The summed E-state index contributed by atoms with van der Waals surface area (Å²) in [5.41, 5.74) is 5.29. The maximum absolute atomic E-state index is 6.43. The second-order valence-corrected chi connectivity index (χ2v) is 7.15. The molecular weight excluding hydrogens is 268 g/mol. The minimum atomic E-state index is -0.200. The zero-order valence-electron chi connectivity index (χ0n) is 13.5. The molecule has 0 fully saturated rings. The molecule has 1 aliphatic heterocycles.